The van der Waals surface area contributed by atoms with Gasteiger partial charge in [0, 0.05) is 23.0 Å². The lowest BCUT2D eigenvalue weighted by Crippen LogP contribution is -2.34. The van der Waals surface area contributed by atoms with Crippen molar-refractivity contribution in [1.82, 2.24) is 0 Å². The van der Waals surface area contributed by atoms with E-state index < -0.39 is 6.89 Å². The highest BCUT2D eigenvalue weighted by Crippen LogP contribution is 2.47. The Bertz CT molecular complexity index is 1770. The number of allylic oxidation sites excluding steroid dienone is 1. The van der Waals surface area contributed by atoms with E-state index in [2.05, 4.69) is 121 Å². The van der Waals surface area contributed by atoms with Gasteiger partial charge in [0.2, 0.25) is 5.52 Å². The molecule has 0 spiro atoms. The van der Waals surface area contributed by atoms with Crippen LogP contribution in [0.1, 0.15) is 22.3 Å². The second kappa shape index (κ2) is 12.1. The van der Waals surface area contributed by atoms with Crippen LogP contribution in [0.4, 0.5) is 0 Å². The largest absolute Gasteiger partial charge is 0.289 e. The van der Waals surface area contributed by atoms with Crippen molar-refractivity contribution < 1.29 is 9.36 Å². The SMILES string of the molecule is CC[n+]1c(/C=C/C(C(=O)c2ccccc2)=P(c2ccccc2)(c2ccccc2)c2ccccc2)sc2ccccc21. The molecular weight excluding hydrogens is 537 g/mol. The van der Waals surface area contributed by atoms with Gasteiger partial charge in [-0.05, 0) is 41.9 Å². The number of hydrogen-bond donors (Lipinski definition) is 0. The molecule has 0 aliphatic carbocycles. The van der Waals surface area contributed by atoms with Gasteiger partial charge in [0.15, 0.2) is 5.78 Å². The molecule has 2 nitrogen and oxygen atoms in total. The molecule has 1 heterocycles. The smallest absolute Gasteiger partial charge is 0.262 e. The lowest BCUT2D eigenvalue weighted by Gasteiger charge is -2.31. The Morgan fingerprint density at radius 1 is 0.659 bits per heavy atom. The van der Waals surface area contributed by atoms with Crippen molar-refractivity contribution in [2.45, 2.75) is 13.5 Å². The predicted octanol–water partition coefficient (Wildman–Crippen LogP) is 7.27. The zero-order valence-corrected chi connectivity index (χ0v) is 24.6. The third-order valence-electron chi connectivity index (χ3n) is 7.40. The molecule has 0 atom stereocenters. The third-order valence-corrected chi connectivity index (χ3v) is 12.8. The fourth-order valence-corrected chi connectivity index (χ4v) is 11.0. The van der Waals surface area contributed by atoms with Gasteiger partial charge in [0.05, 0.1) is 0 Å². The first kappa shape index (κ1) is 26.9. The van der Waals surface area contributed by atoms with E-state index in [9.17, 15) is 4.79 Å². The van der Waals surface area contributed by atoms with E-state index in [0.717, 1.165) is 32.8 Å². The summed E-state index contributed by atoms with van der Waals surface area (Å²) < 4.78 is 3.56. The Morgan fingerprint density at radius 2 is 1.12 bits per heavy atom. The van der Waals surface area contributed by atoms with E-state index >= 15 is 0 Å². The number of carbonyl (C=O) groups excluding carboxylic acids is 1. The van der Waals surface area contributed by atoms with Crippen LogP contribution in [0.3, 0.4) is 0 Å². The van der Waals surface area contributed by atoms with Crippen molar-refractivity contribution in [3.05, 3.63) is 162 Å². The van der Waals surface area contributed by atoms with E-state index in [4.69, 9.17) is 0 Å². The van der Waals surface area contributed by atoms with E-state index in [1.165, 1.54) is 10.2 Å². The van der Waals surface area contributed by atoms with E-state index in [-0.39, 0.29) is 5.78 Å². The first-order chi connectivity index (χ1) is 20.2. The highest BCUT2D eigenvalue weighted by atomic mass is 32.1. The summed E-state index contributed by atoms with van der Waals surface area (Å²) in [6.45, 7) is 0.417. The molecular formula is C37H31NOPS+. The zero-order valence-electron chi connectivity index (χ0n) is 22.9. The minimum atomic E-state index is -2.60. The fraction of sp³-hybridized carbons (Fsp3) is 0.0541. The molecule has 200 valence electrons. The third kappa shape index (κ3) is 5.04. The normalized spacial score (nSPS) is 11.6. The Morgan fingerprint density at radius 3 is 1.63 bits per heavy atom. The molecule has 0 aliphatic heterocycles. The molecule has 6 rings (SSSR count). The Hall–Kier alpha value is -4.30. The van der Waals surface area contributed by atoms with Crippen molar-refractivity contribution in [3.63, 3.8) is 0 Å². The number of Topliss-reactive ketones (excluding diaryl/α,β-unsaturated/α-hetero) is 1. The number of carbonyl (C=O) groups is 1. The van der Waals surface area contributed by atoms with Gasteiger partial charge in [-0.15, -0.1) is 0 Å². The lowest BCUT2D eigenvalue weighted by atomic mass is 10.1. The van der Waals surface area contributed by atoms with E-state index in [0.29, 0.717) is 5.56 Å². The molecule has 0 N–H and O–H groups in total. The number of para-hydroxylation sites is 1. The average Bonchev–Trinajstić information content (AvgIpc) is 3.42. The van der Waals surface area contributed by atoms with Crippen molar-refractivity contribution >= 4 is 61.5 Å². The van der Waals surface area contributed by atoms with Gasteiger partial charge in [-0.1, -0.05) is 145 Å². The molecule has 4 heteroatoms. The topological polar surface area (TPSA) is 20.9 Å². The summed E-state index contributed by atoms with van der Waals surface area (Å²) in [4.78, 5) is 14.8. The first-order valence-electron chi connectivity index (χ1n) is 13.9. The van der Waals surface area contributed by atoms with E-state index in [1.807, 2.05) is 48.5 Å². The number of nitrogens with zero attached hydrogens (tertiary/aromatic N) is 1. The molecule has 0 radical (unpaired) electrons. The number of hydrogen-bond acceptors (Lipinski definition) is 2. The fourth-order valence-electron chi connectivity index (χ4n) is 5.55. The summed E-state index contributed by atoms with van der Waals surface area (Å²) in [6, 6.07) is 50.0. The highest BCUT2D eigenvalue weighted by Gasteiger charge is 2.32. The van der Waals surface area contributed by atoms with Crippen LogP contribution in [0.5, 0.6) is 0 Å². The highest BCUT2D eigenvalue weighted by molar-refractivity contribution is 7.96. The molecule has 0 saturated heterocycles. The molecule has 41 heavy (non-hydrogen) atoms. The summed E-state index contributed by atoms with van der Waals surface area (Å²) >= 11 is 1.76. The molecule has 0 saturated carbocycles. The molecule has 0 unspecified atom stereocenters. The summed E-state index contributed by atoms with van der Waals surface area (Å²) in [5, 5.41) is 5.40. The molecule has 5 aromatic carbocycles. The standard InChI is InChI=1S/C37H31NOPS/c1-2-38-33-25-15-16-26-35(33)41-36(38)28-27-34(37(39)29-17-7-3-8-18-29)40(30-19-9-4-10-20-30,31-21-11-5-12-22-31)32-23-13-6-14-24-32/h3-28H,2H2,1H3/q+1/b28-27+. The predicted molar refractivity (Wildman–Crippen MR) is 178 cm³/mol. The van der Waals surface area contributed by atoms with Gasteiger partial charge in [-0.3, -0.25) is 4.79 Å². The first-order valence-corrected chi connectivity index (χ1v) is 16.5. The Kier molecular flexibility index (Phi) is 7.91. The minimum absolute atomic E-state index is 0.0518. The maximum Gasteiger partial charge on any atom is 0.262 e. The minimum Gasteiger partial charge on any atom is -0.289 e. The Labute approximate surface area is 245 Å². The summed E-state index contributed by atoms with van der Waals surface area (Å²) in [6.07, 6.45) is 4.28. The second-order valence-corrected chi connectivity index (χ2v) is 14.2. The lowest BCUT2D eigenvalue weighted by molar-refractivity contribution is -0.665. The van der Waals surface area contributed by atoms with Crippen LogP contribution in [0.25, 0.3) is 16.3 Å². The summed E-state index contributed by atoms with van der Waals surface area (Å²) in [5.41, 5.74) is 1.91. The summed E-state index contributed by atoms with van der Waals surface area (Å²) in [7, 11) is 0. The quantitative estimate of drug-likeness (QED) is 0.107. The maximum absolute atomic E-state index is 14.8. The molecule has 0 fully saturated rings. The van der Waals surface area contributed by atoms with Gasteiger partial charge < -0.3 is 0 Å². The van der Waals surface area contributed by atoms with E-state index in [1.54, 1.807) is 11.3 Å². The van der Waals surface area contributed by atoms with Crippen LogP contribution >= 0.6 is 18.2 Å². The van der Waals surface area contributed by atoms with Gasteiger partial charge in [0.1, 0.15) is 11.2 Å². The molecule has 6 aromatic rings. The van der Waals surface area contributed by atoms with Gasteiger partial charge >= 0.3 is 0 Å². The number of aromatic nitrogens is 1. The van der Waals surface area contributed by atoms with Crippen molar-refractivity contribution in [2.24, 2.45) is 0 Å². The van der Waals surface area contributed by atoms with Crippen LogP contribution < -0.4 is 20.5 Å². The Balaban J connectivity index is 1.76. The second-order valence-electron chi connectivity index (χ2n) is 9.74. The van der Waals surface area contributed by atoms with Crippen LogP contribution in [0.15, 0.2) is 152 Å². The molecule has 0 bridgehead atoms. The van der Waals surface area contributed by atoms with Crippen LogP contribution in [-0.2, 0) is 6.54 Å². The van der Waals surface area contributed by atoms with Crippen LogP contribution in [0, 0.1) is 0 Å². The van der Waals surface area contributed by atoms with Gasteiger partial charge in [-0.2, -0.15) is 4.57 Å². The zero-order chi connectivity index (χ0) is 28.1. The van der Waals surface area contributed by atoms with Crippen molar-refractivity contribution in [3.8, 4) is 0 Å². The number of benzene rings is 5. The molecule has 0 aliphatic rings. The summed E-state index contributed by atoms with van der Waals surface area (Å²) in [5.74, 6) is 0.0518. The van der Waals surface area contributed by atoms with Crippen LogP contribution in [-0.4, -0.2) is 11.1 Å². The maximum atomic E-state index is 14.8. The number of fused-ring (bicyclic) bond motifs is 1. The monoisotopic (exact) mass is 568 g/mol. The van der Waals surface area contributed by atoms with Crippen LogP contribution in [0.2, 0.25) is 0 Å². The average molecular weight is 569 g/mol. The number of aryl methyl sites for hydroxylation is 1. The van der Waals surface area contributed by atoms with Gasteiger partial charge in [0.25, 0.3) is 5.01 Å². The number of ketones is 1. The molecule has 0 amide bonds. The number of thiazole rings is 1. The number of rotatable bonds is 8. The van der Waals surface area contributed by atoms with Gasteiger partial charge in [-0.25, -0.2) is 0 Å². The van der Waals surface area contributed by atoms with Crippen molar-refractivity contribution in [2.75, 3.05) is 0 Å². The van der Waals surface area contributed by atoms with Crippen molar-refractivity contribution in [1.29, 1.82) is 0 Å². The molecule has 1 aromatic heterocycles.